The minimum absolute atomic E-state index is 0.1000. The summed E-state index contributed by atoms with van der Waals surface area (Å²) in [6, 6.07) is 28.1. The fourth-order valence-corrected chi connectivity index (χ4v) is 4.09. The molecular formula is C24H19NOS. The fourth-order valence-electron chi connectivity index (χ4n) is 3.00. The normalized spacial score (nSPS) is 10.7. The summed E-state index contributed by atoms with van der Waals surface area (Å²) < 4.78 is 0. The quantitative estimate of drug-likeness (QED) is 0.391. The van der Waals surface area contributed by atoms with Crippen molar-refractivity contribution in [2.24, 2.45) is 0 Å². The van der Waals surface area contributed by atoms with Gasteiger partial charge in [0, 0.05) is 11.1 Å². The van der Waals surface area contributed by atoms with Crippen LogP contribution in [0.2, 0.25) is 0 Å². The summed E-state index contributed by atoms with van der Waals surface area (Å²) in [5, 5.41) is 0.846. The van der Waals surface area contributed by atoms with E-state index in [0.29, 0.717) is 6.42 Å². The highest BCUT2D eigenvalue weighted by atomic mass is 32.1. The molecule has 3 aromatic carbocycles. The number of hydrogen-bond donors (Lipinski definition) is 0. The molecule has 132 valence electrons. The van der Waals surface area contributed by atoms with Gasteiger partial charge in [-0.1, -0.05) is 90.5 Å². The molecule has 0 radical (unpaired) electrons. The van der Waals surface area contributed by atoms with Crippen LogP contribution < -0.4 is 0 Å². The Labute approximate surface area is 163 Å². The van der Waals surface area contributed by atoms with Crippen molar-refractivity contribution < 1.29 is 4.79 Å². The van der Waals surface area contributed by atoms with Crippen LogP contribution in [0.1, 0.15) is 20.9 Å². The number of aromatic nitrogens is 1. The molecule has 0 aliphatic heterocycles. The molecule has 3 heteroatoms. The van der Waals surface area contributed by atoms with E-state index in [1.807, 2.05) is 67.6 Å². The van der Waals surface area contributed by atoms with Crippen molar-refractivity contribution in [2.75, 3.05) is 0 Å². The Kier molecular flexibility index (Phi) is 4.95. The zero-order valence-corrected chi connectivity index (χ0v) is 15.9. The van der Waals surface area contributed by atoms with E-state index in [0.717, 1.165) is 37.8 Å². The molecule has 27 heavy (non-hydrogen) atoms. The van der Waals surface area contributed by atoms with Gasteiger partial charge in [0.1, 0.15) is 5.01 Å². The van der Waals surface area contributed by atoms with E-state index in [4.69, 9.17) is 4.98 Å². The number of carbonyl (C=O) groups is 1. The summed E-state index contributed by atoms with van der Waals surface area (Å²) in [7, 11) is 0. The number of rotatable bonds is 5. The number of aryl methyl sites for hydroxylation is 1. The van der Waals surface area contributed by atoms with Gasteiger partial charge in [0.2, 0.25) is 0 Å². The van der Waals surface area contributed by atoms with Crippen LogP contribution in [-0.2, 0) is 6.42 Å². The minimum atomic E-state index is 0.1000. The Balaban J connectivity index is 1.71. The van der Waals surface area contributed by atoms with Crippen LogP contribution in [0.4, 0.5) is 0 Å². The minimum Gasteiger partial charge on any atom is -0.294 e. The van der Waals surface area contributed by atoms with Crippen LogP contribution in [0.3, 0.4) is 0 Å². The van der Waals surface area contributed by atoms with E-state index in [1.165, 1.54) is 0 Å². The van der Waals surface area contributed by atoms with Crippen LogP contribution in [0.15, 0.2) is 84.9 Å². The zero-order chi connectivity index (χ0) is 18.6. The standard InChI is InChI=1S/C24H19NOS/c1-17-12-14-18(15-13-17)21(26)16-22-25-23(19-8-4-2-5-9-19)24(27-22)20-10-6-3-7-11-20/h2-15H,16H2,1H3. The van der Waals surface area contributed by atoms with E-state index in [-0.39, 0.29) is 5.78 Å². The molecule has 0 N–H and O–H groups in total. The second-order valence-corrected chi connectivity index (χ2v) is 7.57. The lowest BCUT2D eigenvalue weighted by Crippen LogP contribution is -2.03. The molecule has 0 spiro atoms. The Bertz CT molecular complexity index is 994. The third-order valence-electron chi connectivity index (χ3n) is 4.44. The fraction of sp³-hybridized carbons (Fsp3) is 0.0833. The highest BCUT2D eigenvalue weighted by Gasteiger charge is 2.17. The molecule has 0 aliphatic carbocycles. The lowest BCUT2D eigenvalue weighted by Gasteiger charge is -2.02. The number of thiazole rings is 1. The number of Topliss-reactive ketones (excluding diaryl/α,β-unsaturated/α-hetero) is 1. The average molecular weight is 369 g/mol. The van der Waals surface area contributed by atoms with Crippen LogP contribution in [0, 0.1) is 6.92 Å². The van der Waals surface area contributed by atoms with Crippen molar-refractivity contribution in [1.82, 2.24) is 4.98 Å². The van der Waals surface area contributed by atoms with Gasteiger partial charge in [-0.3, -0.25) is 4.79 Å². The summed E-state index contributed by atoms with van der Waals surface area (Å²) >= 11 is 1.60. The summed E-state index contributed by atoms with van der Waals surface area (Å²) in [5.41, 5.74) is 5.03. The summed E-state index contributed by atoms with van der Waals surface area (Å²) in [5.74, 6) is 0.1000. The van der Waals surface area contributed by atoms with Gasteiger partial charge < -0.3 is 0 Å². The Morgan fingerprint density at radius 3 is 2.04 bits per heavy atom. The summed E-state index contributed by atoms with van der Waals surface area (Å²) in [6.45, 7) is 2.02. The van der Waals surface area contributed by atoms with Crippen LogP contribution in [0.5, 0.6) is 0 Å². The molecule has 0 fully saturated rings. The van der Waals surface area contributed by atoms with Crippen LogP contribution in [0.25, 0.3) is 21.7 Å². The van der Waals surface area contributed by atoms with E-state index in [9.17, 15) is 4.79 Å². The van der Waals surface area contributed by atoms with Gasteiger partial charge in [0.15, 0.2) is 5.78 Å². The van der Waals surface area contributed by atoms with Gasteiger partial charge in [-0.25, -0.2) is 4.98 Å². The predicted molar refractivity (Wildman–Crippen MR) is 112 cm³/mol. The zero-order valence-electron chi connectivity index (χ0n) is 15.1. The van der Waals surface area contributed by atoms with Crippen molar-refractivity contribution in [3.63, 3.8) is 0 Å². The Hall–Kier alpha value is -3.04. The number of hydrogen-bond acceptors (Lipinski definition) is 3. The first kappa shape index (κ1) is 17.4. The van der Waals surface area contributed by atoms with Crippen molar-refractivity contribution in [2.45, 2.75) is 13.3 Å². The molecule has 0 unspecified atom stereocenters. The van der Waals surface area contributed by atoms with Crippen LogP contribution in [-0.4, -0.2) is 10.8 Å². The van der Waals surface area contributed by atoms with Crippen LogP contribution >= 0.6 is 11.3 Å². The Morgan fingerprint density at radius 1 is 0.815 bits per heavy atom. The van der Waals surface area contributed by atoms with Crippen molar-refractivity contribution in [3.05, 3.63) is 101 Å². The molecule has 0 amide bonds. The van der Waals surface area contributed by atoms with Gasteiger partial charge in [0.25, 0.3) is 0 Å². The second kappa shape index (κ2) is 7.68. The summed E-state index contributed by atoms with van der Waals surface area (Å²) in [6.07, 6.45) is 0.320. The van der Waals surface area contributed by atoms with Gasteiger partial charge >= 0.3 is 0 Å². The number of benzene rings is 3. The predicted octanol–water partition coefficient (Wildman–Crippen LogP) is 6.21. The van der Waals surface area contributed by atoms with Gasteiger partial charge in [0.05, 0.1) is 17.0 Å². The maximum Gasteiger partial charge on any atom is 0.169 e. The van der Waals surface area contributed by atoms with E-state index < -0.39 is 0 Å². The number of nitrogens with zero attached hydrogens (tertiary/aromatic N) is 1. The lowest BCUT2D eigenvalue weighted by atomic mass is 10.1. The van der Waals surface area contributed by atoms with Gasteiger partial charge in [-0.2, -0.15) is 0 Å². The molecule has 4 aromatic rings. The molecular weight excluding hydrogens is 350 g/mol. The molecule has 4 rings (SSSR count). The summed E-state index contributed by atoms with van der Waals surface area (Å²) in [4.78, 5) is 18.6. The molecule has 0 saturated carbocycles. The third kappa shape index (κ3) is 3.88. The molecule has 0 bridgehead atoms. The smallest absolute Gasteiger partial charge is 0.169 e. The van der Waals surface area contributed by atoms with Crippen molar-refractivity contribution >= 4 is 17.1 Å². The molecule has 1 heterocycles. The first-order chi connectivity index (χ1) is 13.2. The van der Waals surface area contributed by atoms with E-state index >= 15 is 0 Å². The maximum absolute atomic E-state index is 12.7. The van der Waals surface area contributed by atoms with E-state index in [1.54, 1.807) is 11.3 Å². The largest absolute Gasteiger partial charge is 0.294 e. The highest BCUT2D eigenvalue weighted by Crippen LogP contribution is 2.37. The van der Waals surface area contributed by atoms with Crippen molar-refractivity contribution in [1.29, 1.82) is 0 Å². The monoisotopic (exact) mass is 369 g/mol. The molecule has 0 aliphatic rings. The molecule has 2 nitrogen and oxygen atoms in total. The second-order valence-electron chi connectivity index (χ2n) is 6.48. The van der Waals surface area contributed by atoms with Crippen molar-refractivity contribution in [3.8, 4) is 21.7 Å². The number of ketones is 1. The maximum atomic E-state index is 12.7. The average Bonchev–Trinajstić information content (AvgIpc) is 3.13. The lowest BCUT2D eigenvalue weighted by molar-refractivity contribution is 0.0993. The topological polar surface area (TPSA) is 30.0 Å². The Morgan fingerprint density at radius 2 is 1.41 bits per heavy atom. The first-order valence-corrected chi connectivity index (χ1v) is 9.73. The third-order valence-corrected chi connectivity index (χ3v) is 5.54. The van der Waals surface area contributed by atoms with E-state index in [2.05, 4.69) is 24.3 Å². The van der Waals surface area contributed by atoms with Gasteiger partial charge in [-0.05, 0) is 12.5 Å². The molecule has 1 aromatic heterocycles. The SMILES string of the molecule is Cc1ccc(C(=O)Cc2nc(-c3ccccc3)c(-c3ccccc3)s2)cc1. The first-order valence-electron chi connectivity index (χ1n) is 8.91. The molecule has 0 saturated heterocycles. The highest BCUT2D eigenvalue weighted by molar-refractivity contribution is 7.15. The number of carbonyl (C=O) groups excluding carboxylic acids is 1. The molecule has 0 atom stereocenters. The van der Waals surface area contributed by atoms with Gasteiger partial charge in [-0.15, -0.1) is 11.3 Å².